The average Bonchev–Trinajstić information content (AvgIpc) is 2.93. The van der Waals surface area contributed by atoms with Crippen molar-refractivity contribution in [1.82, 2.24) is 4.90 Å². The average molecular weight is 498 g/mol. The molecule has 7 heteroatoms. The van der Waals surface area contributed by atoms with Crippen LogP contribution in [0.3, 0.4) is 0 Å². The molecule has 36 heavy (non-hydrogen) atoms. The van der Waals surface area contributed by atoms with E-state index >= 15 is 0 Å². The molecule has 2 heterocycles. The van der Waals surface area contributed by atoms with E-state index in [-0.39, 0.29) is 18.2 Å². The Hall–Kier alpha value is -3.89. The Balaban J connectivity index is 1.38. The molecule has 0 N–H and O–H groups in total. The second kappa shape index (κ2) is 10.8. The summed E-state index contributed by atoms with van der Waals surface area (Å²) in [5.41, 5.74) is 3.59. The molecular formula is C29H27N3O3S. The number of carbonyl (C=O) groups excluding carboxylic acids is 1. The minimum atomic E-state index is -0.288. The first kappa shape index (κ1) is 23.8. The largest absolute Gasteiger partial charge is 0.492 e. The number of nitrogens with zero attached hydrogens (tertiary/aromatic N) is 3. The summed E-state index contributed by atoms with van der Waals surface area (Å²) < 4.78 is 11.8. The van der Waals surface area contributed by atoms with E-state index in [2.05, 4.69) is 11.0 Å². The van der Waals surface area contributed by atoms with Crippen LogP contribution in [0.5, 0.6) is 11.5 Å². The summed E-state index contributed by atoms with van der Waals surface area (Å²) in [6.45, 7) is 3.38. The van der Waals surface area contributed by atoms with Gasteiger partial charge < -0.3 is 14.4 Å². The standard InChI is InChI=1S/C29H27N3O3S/c1-2-34-27-14-7-6-13-26(27)31-19-32-28(33)16-24(25(17-30)29(32)36-20-31)22-11-8-12-23(15-22)35-18-21-9-4-3-5-10-21/h3-15,24H,2,16,18-20H2,1H3/t24-/m1/s1. The van der Waals surface area contributed by atoms with Gasteiger partial charge in [-0.05, 0) is 42.3 Å². The normalized spacial score (nSPS) is 17.4. The highest BCUT2D eigenvalue weighted by molar-refractivity contribution is 8.03. The maximum Gasteiger partial charge on any atom is 0.229 e. The Bertz CT molecular complexity index is 1320. The van der Waals surface area contributed by atoms with Crippen molar-refractivity contribution in [3.63, 3.8) is 0 Å². The molecule has 0 aliphatic carbocycles. The van der Waals surface area contributed by atoms with Gasteiger partial charge in [0, 0.05) is 12.3 Å². The fourth-order valence-corrected chi connectivity index (χ4v) is 5.72. The number of nitriles is 1. The van der Waals surface area contributed by atoms with Crippen molar-refractivity contribution in [3.8, 4) is 17.6 Å². The van der Waals surface area contributed by atoms with Crippen LogP contribution in [0.15, 0.2) is 89.5 Å². The number of thioether (sulfide) groups is 1. The fraction of sp³-hybridized carbons (Fsp3) is 0.241. The molecule has 3 aromatic rings. The monoisotopic (exact) mass is 497 g/mol. The van der Waals surface area contributed by atoms with Gasteiger partial charge >= 0.3 is 0 Å². The number of amides is 1. The van der Waals surface area contributed by atoms with Gasteiger partial charge in [-0.2, -0.15) is 5.26 Å². The highest BCUT2D eigenvalue weighted by atomic mass is 32.2. The van der Waals surface area contributed by atoms with Crippen LogP contribution in [0.2, 0.25) is 0 Å². The number of allylic oxidation sites excluding steroid dienone is 1. The minimum absolute atomic E-state index is 0.00991. The van der Waals surface area contributed by atoms with Gasteiger partial charge in [0.05, 0.1) is 41.5 Å². The van der Waals surface area contributed by atoms with Crippen LogP contribution in [0, 0.1) is 11.3 Å². The van der Waals surface area contributed by atoms with Crippen molar-refractivity contribution in [2.75, 3.05) is 24.1 Å². The Morgan fingerprint density at radius 2 is 1.83 bits per heavy atom. The van der Waals surface area contributed by atoms with Crippen molar-refractivity contribution in [2.45, 2.75) is 25.9 Å². The lowest BCUT2D eigenvalue weighted by molar-refractivity contribution is -0.129. The minimum Gasteiger partial charge on any atom is -0.492 e. The van der Waals surface area contributed by atoms with Crippen LogP contribution in [0.1, 0.15) is 30.4 Å². The Kier molecular flexibility index (Phi) is 7.15. The van der Waals surface area contributed by atoms with Crippen LogP contribution in [-0.2, 0) is 11.4 Å². The summed E-state index contributed by atoms with van der Waals surface area (Å²) in [5, 5.41) is 10.9. The molecule has 0 radical (unpaired) electrons. The zero-order valence-electron chi connectivity index (χ0n) is 20.1. The zero-order chi connectivity index (χ0) is 24.9. The molecule has 0 bridgehead atoms. The summed E-state index contributed by atoms with van der Waals surface area (Å²) in [6, 6.07) is 28.0. The van der Waals surface area contributed by atoms with Crippen LogP contribution in [0.25, 0.3) is 0 Å². The van der Waals surface area contributed by atoms with Gasteiger partial charge in [0.1, 0.15) is 18.1 Å². The molecule has 1 saturated heterocycles. The SMILES string of the molecule is CCOc1ccccc1N1CSC2=C(C#N)[C@@H](c3cccc(OCc4ccccc4)c3)CC(=O)N2C1. The van der Waals surface area contributed by atoms with Gasteiger partial charge in [0.2, 0.25) is 5.91 Å². The van der Waals surface area contributed by atoms with Gasteiger partial charge in [-0.3, -0.25) is 9.69 Å². The zero-order valence-corrected chi connectivity index (χ0v) is 20.9. The lowest BCUT2D eigenvalue weighted by Gasteiger charge is -2.42. The van der Waals surface area contributed by atoms with Crippen LogP contribution in [-0.4, -0.2) is 30.0 Å². The van der Waals surface area contributed by atoms with E-state index in [1.807, 2.05) is 85.8 Å². The van der Waals surface area contributed by atoms with Crippen molar-refractivity contribution in [2.24, 2.45) is 0 Å². The first-order valence-corrected chi connectivity index (χ1v) is 13.0. The lowest BCUT2D eigenvalue weighted by Crippen LogP contribution is -2.47. The number of anilines is 1. The summed E-state index contributed by atoms with van der Waals surface area (Å²) >= 11 is 1.52. The van der Waals surface area contributed by atoms with E-state index in [1.165, 1.54) is 11.8 Å². The van der Waals surface area contributed by atoms with Gasteiger partial charge in [0.15, 0.2) is 0 Å². The van der Waals surface area contributed by atoms with Crippen molar-refractivity contribution in [1.29, 1.82) is 5.26 Å². The number of hydrogen-bond donors (Lipinski definition) is 0. The van der Waals surface area contributed by atoms with E-state index in [1.54, 1.807) is 4.90 Å². The molecule has 5 rings (SSSR count). The molecule has 0 unspecified atom stereocenters. The van der Waals surface area contributed by atoms with E-state index in [0.29, 0.717) is 31.3 Å². The first-order chi connectivity index (χ1) is 17.7. The quantitative estimate of drug-likeness (QED) is 0.406. The maximum atomic E-state index is 13.3. The third-order valence-corrected chi connectivity index (χ3v) is 7.46. The molecule has 0 spiro atoms. The molecular weight excluding hydrogens is 470 g/mol. The molecule has 2 aliphatic rings. The second-order valence-electron chi connectivity index (χ2n) is 8.61. The Morgan fingerprint density at radius 3 is 2.64 bits per heavy atom. The topological polar surface area (TPSA) is 65.8 Å². The van der Waals surface area contributed by atoms with Crippen LogP contribution < -0.4 is 14.4 Å². The van der Waals surface area contributed by atoms with Gasteiger partial charge in [-0.15, -0.1) is 0 Å². The second-order valence-corrected chi connectivity index (χ2v) is 9.54. The van der Waals surface area contributed by atoms with Crippen molar-refractivity contribution >= 4 is 23.4 Å². The third kappa shape index (κ3) is 4.91. The molecule has 182 valence electrons. The third-order valence-electron chi connectivity index (χ3n) is 6.31. The molecule has 0 aromatic heterocycles. The molecule has 3 aromatic carbocycles. The highest BCUT2D eigenvalue weighted by Crippen LogP contribution is 2.44. The van der Waals surface area contributed by atoms with Gasteiger partial charge in [-0.1, -0.05) is 66.4 Å². The Labute approximate surface area is 215 Å². The summed E-state index contributed by atoms with van der Waals surface area (Å²) in [5.74, 6) is 1.87. The van der Waals surface area contributed by atoms with Gasteiger partial charge in [0.25, 0.3) is 0 Å². The number of hydrogen-bond acceptors (Lipinski definition) is 6. The summed E-state index contributed by atoms with van der Waals surface area (Å²) in [7, 11) is 0. The molecule has 1 atom stereocenters. The van der Waals surface area contributed by atoms with E-state index in [4.69, 9.17) is 9.47 Å². The number of benzene rings is 3. The van der Waals surface area contributed by atoms with E-state index in [0.717, 1.165) is 33.3 Å². The molecule has 2 aliphatic heterocycles. The number of ether oxygens (including phenoxy) is 2. The van der Waals surface area contributed by atoms with Crippen LogP contribution in [0.4, 0.5) is 5.69 Å². The number of carbonyl (C=O) groups is 1. The van der Waals surface area contributed by atoms with E-state index < -0.39 is 0 Å². The first-order valence-electron chi connectivity index (χ1n) is 12.0. The molecule has 0 saturated carbocycles. The van der Waals surface area contributed by atoms with E-state index in [9.17, 15) is 10.1 Å². The smallest absolute Gasteiger partial charge is 0.229 e. The van der Waals surface area contributed by atoms with Crippen LogP contribution >= 0.6 is 11.8 Å². The molecule has 1 fully saturated rings. The lowest BCUT2D eigenvalue weighted by atomic mass is 9.86. The van der Waals surface area contributed by atoms with Crippen molar-refractivity contribution < 1.29 is 14.3 Å². The number of rotatable bonds is 7. The van der Waals surface area contributed by atoms with Gasteiger partial charge in [-0.25, -0.2) is 0 Å². The summed E-state index contributed by atoms with van der Waals surface area (Å²) in [4.78, 5) is 17.2. The fourth-order valence-electron chi connectivity index (χ4n) is 4.56. The Morgan fingerprint density at radius 1 is 1.03 bits per heavy atom. The molecule has 6 nitrogen and oxygen atoms in total. The molecule has 1 amide bonds. The number of para-hydroxylation sites is 2. The van der Waals surface area contributed by atoms with Crippen molar-refractivity contribution in [3.05, 3.63) is 101 Å². The maximum absolute atomic E-state index is 13.3. The predicted molar refractivity (Wildman–Crippen MR) is 141 cm³/mol. The predicted octanol–water partition coefficient (Wildman–Crippen LogP) is 5.88. The summed E-state index contributed by atoms with van der Waals surface area (Å²) in [6.07, 6.45) is 0.246. The number of fused-ring (bicyclic) bond motifs is 1. The highest BCUT2D eigenvalue weighted by Gasteiger charge is 2.38.